The molecule has 1 heterocycles. The van der Waals surface area contributed by atoms with Crippen molar-refractivity contribution in [1.29, 1.82) is 0 Å². The first kappa shape index (κ1) is 13.4. The molecule has 2 N–H and O–H groups in total. The van der Waals surface area contributed by atoms with Crippen molar-refractivity contribution >= 4 is 0 Å². The lowest BCUT2D eigenvalue weighted by molar-refractivity contribution is 0.355. The maximum atomic E-state index is 5.64. The number of hydrogen-bond acceptors (Lipinski definition) is 4. The molecule has 2 aromatic rings. The molecule has 0 aliphatic rings. The fraction of sp³-hybridized carbons (Fsp3) is 0.267. The van der Waals surface area contributed by atoms with E-state index in [4.69, 9.17) is 15.2 Å². The summed E-state index contributed by atoms with van der Waals surface area (Å²) in [5, 5.41) is 0. The third-order valence-corrected chi connectivity index (χ3v) is 2.96. The van der Waals surface area contributed by atoms with Crippen molar-refractivity contribution in [3.05, 3.63) is 42.1 Å². The minimum absolute atomic E-state index is 0.603. The molecule has 1 aromatic heterocycles. The molecule has 0 radical (unpaired) electrons. The highest BCUT2D eigenvalue weighted by molar-refractivity contribution is 5.66. The molecular formula is C15H18N2O2. The van der Waals surface area contributed by atoms with Gasteiger partial charge in [0.2, 0.25) is 0 Å². The van der Waals surface area contributed by atoms with Crippen molar-refractivity contribution < 1.29 is 9.47 Å². The second-order valence-electron chi connectivity index (χ2n) is 4.12. The van der Waals surface area contributed by atoms with Gasteiger partial charge in [0, 0.05) is 11.8 Å². The lowest BCUT2D eigenvalue weighted by Gasteiger charge is -2.11. The Morgan fingerprint density at radius 2 is 1.89 bits per heavy atom. The van der Waals surface area contributed by atoms with E-state index in [2.05, 4.69) is 4.98 Å². The molecular weight excluding hydrogens is 240 g/mol. The molecule has 0 atom stereocenters. The van der Waals surface area contributed by atoms with Gasteiger partial charge in [-0.1, -0.05) is 6.07 Å². The van der Waals surface area contributed by atoms with E-state index in [1.165, 1.54) is 0 Å². The average Bonchev–Trinajstić information content (AvgIpc) is 2.47. The van der Waals surface area contributed by atoms with Gasteiger partial charge in [-0.15, -0.1) is 0 Å². The molecule has 4 nitrogen and oxygen atoms in total. The fourth-order valence-electron chi connectivity index (χ4n) is 2.04. The molecule has 2 rings (SSSR count). The third-order valence-electron chi connectivity index (χ3n) is 2.96. The molecule has 0 bridgehead atoms. The lowest BCUT2D eigenvalue weighted by Crippen LogP contribution is -2.04. The summed E-state index contributed by atoms with van der Waals surface area (Å²) < 4.78 is 10.6. The number of methoxy groups -OCH3 is 2. The minimum Gasteiger partial charge on any atom is -0.493 e. The standard InChI is InChI=1S/C15H18N2O2/c1-18-13-6-5-12(10-14(13)19-2)15-11(7-8-16)4-3-9-17-15/h3-6,9-10H,7-8,16H2,1-2H3. The first-order chi connectivity index (χ1) is 9.30. The van der Waals surface area contributed by atoms with Crippen LogP contribution in [0.5, 0.6) is 11.5 Å². The van der Waals surface area contributed by atoms with Gasteiger partial charge in [0.15, 0.2) is 11.5 Å². The normalized spacial score (nSPS) is 10.3. The second kappa shape index (κ2) is 6.20. The first-order valence-electron chi connectivity index (χ1n) is 6.16. The number of rotatable bonds is 5. The zero-order chi connectivity index (χ0) is 13.7. The summed E-state index contributed by atoms with van der Waals surface area (Å²) in [6, 6.07) is 9.76. The molecule has 0 amide bonds. The highest BCUT2D eigenvalue weighted by Gasteiger charge is 2.10. The molecule has 19 heavy (non-hydrogen) atoms. The van der Waals surface area contributed by atoms with Gasteiger partial charge in [0.05, 0.1) is 19.9 Å². The monoisotopic (exact) mass is 258 g/mol. The van der Waals surface area contributed by atoms with Crippen molar-refractivity contribution in [2.45, 2.75) is 6.42 Å². The van der Waals surface area contributed by atoms with Gasteiger partial charge in [0.25, 0.3) is 0 Å². The Balaban J connectivity index is 2.47. The van der Waals surface area contributed by atoms with E-state index in [0.717, 1.165) is 23.2 Å². The largest absolute Gasteiger partial charge is 0.493 e. The molecule has 0 aliphatic carbocycles. The van der Waals surface area contributed by atoms with Crippen LogP contribution in [0.3, 0.4) is 0 Å². The molecule has 0 saturated heterocycles. The zero-order valence-electron chi connectivity index (χ0n) is 11.2. The predicted octanol–water partition coefficient (Wildman–Crippen LogP) is 2.27. The predicted molar refractivity (Wildman–Crippen MR) is 75.5 cm³/mol. The summed E-state index contributed by atoms with van der Waals surface area (Å²) in [6.45, 7) is 0.603. The third kappa shape index (κ3) is 2.85. The van der Waals surface area contributed by atoms with Crippen molar-refractivity contribution in [1.82, 2.24) is 4.98 Å². The van der Waals surface area contributed by atoms with Gasteiger partial charge in [-0.05, 0) is 42.8 Å². The fourth-order valence-corrected chi connectivity index (χ4v) is 2.04. The summed E-state index contributed by atoms with van der Waals surface area (Å²) in [6.07, 6.45) is 2.59. The zero-order valence-corrected chi connectivity index (χ0v) is 11.2. The van der Waals surface area contributed by atoms with Crippen LogP contribution in [0.4, 0.5) is 0 Å². The van der Waals surface area contributed by atoms with Crippen molar-refractivity contribution in [2.75, 3.05) is 20.8 Å². The number of ether oxygens (including phenoxy) is 2. The molecule has 0 fully saturated rings. The van der Waals surface area contributed by atoms with E-state index in [1.54, 1.807) is 20.4 Å². The maximum Gasteiger partial charge on any atom is 0.161 e. The van der Waals surface area contributed by atoms with Gasteiger partial charge in [0.1, 0.15) is 0 Å². The Morgan fingerprint density at radius 3 is 2.58 bits per heavy atom. The van der Waals surface area contributed by atoms with Crippen molar-refractivity contribution in [3.8, 4) is 22.8 Å². The topological polar surface area (TPSA) is 57.4 Å². The van der Waals surface area contributed by atoms with Gasteiger partial charge >= 0.3 is 0 Å². The average molecular weight is 258 g/mol. The highest BCUT2D eigenvalue weighted by Crippen LogP contribution is 2.32. The van der Waals surface area contributed by atoms with Crippen LogP contribution in [0.25, 0.3) is 11.3 Å². The minimum atomic E-state index is 0.603. The van der Waals surface area contributed by atoms with Crippen LogP contribution in [0.1, 0.15) is 5.56 Å². The van der Waals surface area contributed by atoms with Crippen LogP contribution in [0.15, 0.2) is 36.5 Å². The summed E-state index contributed by atoms with van der Waals surface area (Å²) >= 11 is 0. The number of hydrogen-bond donors (Lipinski definition) is 1. The van der Waals surface area contributed by atoms with Crippen molar-refractivity contribution in [2.24, 2.45) is 5.73 Å². The van der Waals surface area contributed by atoms with Gasteiger partial charge in [-0.3, -0.25) is 4.98 Å². The smallest absolute Gasteiger partial charge is 0.161 e. The molecule has 0 spiro atoms. The lowest BCUT2D eigenvalue weighted by atomic mass is 10.0. The van der Waals surface area contributed by atoms with E-state index >= 15 is 0 Å². The molecule has 0 saturated carbocycles. The summed E-state index contributed by atoms with van der Waals surface area (Å²) in [4.78, 5) is 4.45. The number of nitrogens with zero attached hydrogens (tertiary/aromatic N) is 1. The van der Waals surface area contributed by atoms with Crippen LogP contribution < -0.4 is 15.2 Å². The van der Waals surface area contributed by atoms with Crippen LogP contribution in [-0.4, -0.2) is 25.7 Å². The van der Waals surface area contributed by atoms with Gasteiger partial charge in [-0.2, -0.15) is 0 Å². The molecule has 0 aliphatic heterocycles. The molecule has 1 aromatic carbocycles. The molecule has 100 valence electrons. The van der Waals surface area contributed by atoms with Gasteiger partial charge in [-0.25, -0.2) is 0 Å². The molecule has 0 unspecified atom stereocenters. The summed E-state index contributed by atoms with van der Waals surface area (Å²) in [5.41, 5.74) is 8.71. The number of pyridine rings is 1. The number of benzene rings is 1. The quantitative estimate of drug-likeness (QED) is 0.893. The Kier molecular flexibility index (Phi) is 4.36. The van der Waals surface area contributed by atoms with Crippen LogP contribution in [0, 0.1) is 0 Å². The Bertz CT molecular complexity index is 556. The Morgan fingerprint density at radius 1 is 1.11 bits per heavy atom. The highest BCUT2D eigenvalue weighted by atomic mass is 16.5. The van der Waals surface area contributed by atoms with E-state index < -0.39 is 0 Å². The SMILES string of the molecule is COc1ccc(-c2ncccc2CCN)cc1OC. The van der Waals surface area contributed by atoms with E-state index in [-0.39, 0.29) is 0 Å². The summed E-state index contributed by atoms with van der Waals surface area (Å²) in [7, 11) is 3.25. The Hall–Kier alpha value is -2.07. The van der Waals surface area contributed by atoms with E-state index in [0.29, 0.717) is 18.0 Å². The van der Waals surface area contributed by atoms with E-state index in [9.17, 15) is 0 Å². The number of nitrogens with two attached hydrogens (primary N) is 1. The second-order valence-corrected chi connectivity index (χ2v) is 4.12. The Labute approximate surface area is 113 Å². The number of aromatic nitrogens is 1. The maximum absolute atomic E-state index is 5.64. The molecule has 4 heteroatoms. The summed E-state index contributed by atoms with van der Waals surface area (Å²) in [5.74, 6) is 1.41. The van der Waals surface area contributed by atoms with Crippen molar-refractivity contribution in [3.63, 3.8) is 0 Å². The van der Waals surface area contributed by atoms with Crippen LogP contribution in [0.2, 0.25) is 0 Å². The van der Waals surface area contributed by atoms with Crippen LogP contribution >= 0.6 is 0 Å². The van der Waals surface area contributed by atoms with Crippen LogP contribution in [-0.2, 0) is 6.42 Å². The van der Waals surface area contributed by atoms with Gasteiger partial charge < -0.3 is 15.2 Å². The first-order valence-corrected chi connectivity index (χ1v) is 6.16. The van der Waals surface area contributed by atoms with E-state index in [1.807, 2.05) is 30.3 Å².